The molecular weight excluding hydrogens is 359 g/mol. The molecule has 6 nitrogen and oxygen atoms in total. The van der Waals surface area contributed by atoms with Gasteiger partial charge >= 0.3 is 0 Å². The number of anilines is 1. The zero-order valence-corrected chi connectivity index (χ0v) is 14.7. The molecule has 0 atom stereocenters. The number of nitrogen functional groups attached to an aromatic ring is 1. The minimum Gasteiger partial charge on any atom is -0.491 e. The Hall–Kier alpha value is -1.83. The highest BCUT2D eigenvalue weighted by atomic mass is 35.5. The summed E-state index contributed by atoms with van der Waals surface area (Å²) in [5.41, 5.74) is 9.16. The molecule has 0 unspecified atom stereocenters. The quantitative estimate of drug-likeness (QED) is 0.620. The number of carbonyl (C=O) groups is 1. The van der Waals surface area contributed by atoms with Crippen LogP contribution in [0.3, 0.4) is 0 Å². The molecule has 1 heterocycles. The maximum atomic E-state index is 12.0. The second kappa shape index (κ2) is 7.63. The molecule has 0 bridgehead atoms. The van der Waals surface area contributed by atoms with Crippen LogP contribution in [0.4, 0.5) is 5.13 Å². The van der Waals surface area contributed by atoms with E-state index >= 15 is 0 Å². The van der Waals surface area contributed by atoms with Gasteiger partial charge in [-0.1, -0.05) is 34.5 Å². The van der Waals surface area contributed by atoms with Crippen LogP contribution in [-0.2, 0) is 0 Å². The fraction of sp³-hybridized carbons (Fsp3) is 0.214. The second-order valence-corrected chi connectivity index (χ2v) is 6.26. The highest BCUT2D eigenvalue weighted by Crippen LogP contribution is 2.33. The zero-order chi connectivity index (χ0) is 17.0. The van der Waals surface area contributed by atoms with Gasteiger partial charge in [-0.15, -0.1) is 0 Å². The molecule has 2 aromatic rings. The average Bonchev–Trinajstić information content (AvgIpc) is 2.81. The topological polar surface area (TPSA) is 89.6 Å². The first-order chi connectivity index (χ1) is 10.9. The number of aryl methyl sites for hydroxylation is 1. The largest absolute Gasteiger partial charge is 0.491 e. The maximum Gasteiger partial charge on any atom is 0.283 e. The van der Waals surface area contributed by atoms with Gasteiger partial charge in [0, 0.05) is 0 Å². The van der Waals surface area contributed by atoms with Gasteiger partial charge in [0.25, 0.3) is 5.91 Å². The lowest BCUT2D eigenvalue weighted by Gasteiger charge is -2.08. The molecule has 0 spiro atoms. The second-order valence-electron chi connectivity index (χ2n) is 4.41. The van der Waals surface area contributed by atoms with Crippen molar-refractivity contribution in [3.63, 3.8) is 0 Å². The first kappa shape index (κ1) is 17.5. The Morgan fingerprint density at radius 3 is 2.65 bits per heavy atom. The van der Waals surface area contributed by atoms with Gasteiger partial charge in [0.15, 0.2) is 10.9 Å². The van der Waals surface area contributed by atoms with Gasteiger partial charge in [0.2, 0.25) is 0 Å². The number of hydrazone groups is 1. The molecule has 0 aliphatic carbocycles. The summed E-state index contributed by atoms with van der Waals surface area (Å²) in [6.45, 7) is 4.00. The van der Waals surface area contributed by atoms with Gasteiger partial charge in [-0.2, -0.15) is 5.10 Å². The molecule has 122 valence electrons. The first-order valence-corrected chi connectivity index (χ1v) is 8.17. The normalized spacial score (nSPS) is 11.0. The summed E-state index contributed by atoms with van der Waals surface area (Å²) in [7, 11) is 0. The summed E-state index contributed by atoms with van der Waals surface area (Å²) < 4.78 is 5.34. The summed E-state index contributed by atoms with van der Waals surface area (Å²) in [5.74, 6) is 0.0452. The average molecular weight is 373 g/mol. The van der Waals surface area contributed by atoms with Gasteiger partial charge in [-0.3, -0.25) is 4.79 Å². The summed E-state index contributed by atoms with van der Waals surface area (Å²) in [6.07, 6.45) is 1.44. The van der Waals surface area contributed by atoms with Crippen molar-refractivity contribution in [3.8, 4) is 5.75 Å². The summed E-state index contributed by atoms with van der Waals surface area (Å²) >= 11 is 13.3. The van der Waals surface area contributed by atoms with Gasteiger partial charge < -0.3 is 10.5 Å². The van der Waals surface area contributed by atoms with Gasteiger partial charge in [-0.25, -0.2) is 10.4 Å². The molecule has 0 aliphatic rings. The van der Waals surface area contributed by atoms with E-state index in [2.05, 4.69) is 15.5 Å². The highest BCUT2D eigenvalue weighted by Gasteiger charge is 2.13. The molecule has 3 N–H and O–H groups in total. The Balaban J connectivity index is 2.09. The molecule has 1 aromatic carbocycles. The van der Waals surface area contributed by atoms with Crippen molar-refractivity contribution in [2.75, 3.05) is 12.3 Å². The lowest BCUT2D eigenvalue weighted by molar-refractivity contribution is 0.0958. The number of nitrogens with zero attached hydrogens (tertiary/aromatic N) is 2. The number of aromatic nitrogens is 1. The molecule has 9 heteroatoms. The number of nitrogens with two attached hydrogens (primary N) is 1. The molecule has 0 fully saturated rings. The van der Waals surface area contributed by atoms with E-state index in [1.165, 1.54) is 6.21 Å². The number of hydrogen-bond acceptors (Lipinski definition) is 6. The van der Waals surface area contributed by atoms with Crippen molar-refractivity contribution in [1.29, 1.82) is 0 Å². The Labute approximate surface area is 147 Å². The Bertz CT molecular complexity index is 738. The van der Waals surface area contributed by atoms with E-state index in [0.717, 1.165) is 11.3 Å². The number of benzene rings is 1. The van der Waals surface area contributed by atoms with Gasteiger partial charge in [0.05, 0.1) is 28.6 Å². The minimum atomic E-state index is -0.379. The number of hydrogen-bond donors (Lipinski definition) is 2. The molecule has 1 aromatic heterocycles. The number of halogens is 2. The summed E-state index contributed by atoms with van der Waals surface area (Å²) in [6, 6.07) is 3.29. The van der Waals surface area contributed by atoms with Gasteiger partial charge in [-0.05, 0) is 31.5 Å². The number of rotatable bonds is 5. The van der Waals surface area contributed by atoms with E-state index in [0.29, 0.717) is 43.7 Å². The standard InChI is InChI=1S/C14H14Cl2N4O2S/c1-3-22-11-9(15)4-8(5-10(11)16)6-18-20-13(21)12-7(2)19-14(17)23-12/h4-6H,3H2,1-2H3,(H2,17,19)(H,20,21)/b18-6-. The first-order valence-electron chi connectivity index (χ1n) is 6.60. The van der Waals surface area contributed by atoms with Crippen LogP contribution in [0.15, 0.2) is 17.2 Å². The number of carbonyl (C=O) groups excluding carboxylic acids is 1. The fourth-order valence-corrected chi connectivity index (χ4v) is 3.12. The molecule has 2 rings (SSSR count). The molecular formula is C14H14Cl2N4O2S. The zero-order valence-electron chi connectivity index (χ0n) is 12.4. The lowest BCUT2D eigenvalue weighted by Crippen LogP contribution is -2.17. The van der Waals surface area contributed by atoms with Crippen LogP contribution in [-0.4, -0.2) is 23.7 Å². The minimum absolute atomic E-state index is 0.335. The molecule has 23 heavy (non-hydrogen) atoms. The van der Waals surface area contributed by atoms with Crippen molar-refractivity contribution in [1.82, 2.24) is 10.4 Å². The smallest absolute Gasteiger partial charge is 0.283 e. The van der Waals surface area contributed by atoms with E-state index in [9.17, 15) is 4.79 Å². The van der Waals surface area contributed by atoms with Gasteiger partial charge in [0.1, 0.15) is 4.88 Å². The lowest BCUT2D eigenvalue weighted by atomic mass is 10.2. The van der Waals surface area contributed by atoms with Crippen LogP contribution in [0.5, 0.6) is 5.75 Å². The third-order valence-corrected chi connectivity index (χ3v) is 4.26. The number of nitrogens with one attached hydrogen (secondary N) is 1. The third-order valence-electron chi connectivity index (χ3n) is 2.71. The van der Waals surface area contributed by atoms with Crippen LogP contribution < -0.4 is 15.9 Å². The van der Waals surface area contributed by atoms with Crippen molar-refractivity contribution in [2.24, 2.45) is 5.10 Å². The number of thiazole rings is 1. The molecule has 0 saturated heterocycles. The van der Waals surface area contributed by atoms with E-state index in [1.54, 1.807) is 19.1 Å². The third kappa shape index (κ3) is 4.34. The summed E-state index contributed by atoms with van der Waals surface area (Å²) in [4.78, 5) is 16.4. The molecule has 0 radical (unpaired) electrons. The predicted octanol–water partition coefficient (Wildman–Crippen LogP) is 3.50. The van der Waals surface area contributed by atoms with Crippen molar-refractivity contribution in [2.45, 2.75) is 13.8 Å². The van der Waals surface area contributed by atoms with Crippen LogP contribution >= 0.6 is 34.5 Å². The van der Waals surface area contributed by atoms with E-state index < -0.39 is 0 Å². The molecule has 1 amide bonds. The van der Waals surface area contributed by atoms with Crippen molar-refractivity contribution < 1.29 is 9.53 Å². The number of amides is 1. The van der Waals surface area contributed by atoms with E-state index in [4.69, 9.17) is 33.7 Å². The van der Waals surface area contributed by atoms with Crippen LogP contribution in [0.1, 0.15) is 27.9 Å². The van der Waals surface area contributed by atoms with E-state index in [1.807, 2.05) is 6.92 Å². The monoisotopic (exact) mass is 372 g/mol. The molecule has 0 aliphatic heterocycles. The fourth-order valence-electron chi connectivity index (χ4n) is 1.78. The number of ether oxygens (including phenoxy) is 1. The maximum absolute atomic E-state index is 12.0. The van der Waals surface area contributed by atoms with E-state index in [-0.39, 0.29) is 5.91 Å². The Morgan fingerprint density at radius 1 is 1.48 bits per heavy atom. The summed E-state index contributed by atoms with van der Waals surface area (Å²) in [5, 5.41) is 4.96. The van der Waals surface area contributed by atoms with Crippen molar-refractivity contribution >= 4 is 51.8 Å². The van der Waals surface area contributed by atoms with Crippen LogP contribution in [0.2, 0.25) is 10.0 Å². The Morgan fingerprint density at radius 2 is 2.13 bits per heavy atom. The Kier molecular flexibility index (Phi) is 5.81. The SMILES string of the molecule is CCOc1c(Cl)cc(/C=N\NC(=O)c2sc(N)nc2C)cc1Cl. The van der Waals surface area contributed by atoms with Crippen LogP contribution in [0.25, 0.3) is 0 Å². The van der Waals surface area contributed by atoms with Crippen molar-refractivity contribution in [3.05, 3.63) is 38.3 Å². The van der Waals surface area contributed by atoms with Crippen LogP contribution in [0, 0.1) is 6.92 Å². The highest BCUT2D eigenvalue weighted by molar-refractivity contribution is 7.17. The molecule has 0 saturated carbocycles. The predicted molar refractivity (Wildman–Crippen MR) is 94.0 cm³/mol.